The number of nitrogens with one attached hydrogen (secondary N) is 5. The lowest BCUT2D eigenvalue weighted by molar-refractivity contribution is -0.143. The van der Waals surface area contributed by atoms with Gasteiger partial charge in [0.25, 0.3) is 0 Å². The number of hydrogen-bond acceptors (Lipinski definition) is 16. The van der Waals surface area contributed by atoms with Crippen molar-refractivity contribution in [3.8, 4) is 0 Å². The molecule has 0 aliphatic heterocycles. The van der Waals surface area contributed by atoms with E-state index in [-0.39, 0.29) is 68.4 Å². The van der Waals surface area contributed by atoms with Gasteiger partial charge in [-0.15, -0.1) is 0 Å². The van der Waals surface area contributed by atoms with Crippen LogP contribution in [0.4, 0.5) is 21.2 Å². The molecular weight excluding hydrogens is 821 g/mol. The highest BCUT2D eigenvalue weighted by Gasteiger charge is 2.24. The lowest BCUT2D eigenvalue weighted by Crippen LogP contribution is -2.52. The Morgan fingerprint density at radius 1 is 0.635 bits per heavy atom. The summed E-state index contributed by atoms with van der Waals surface area (Å²) in [7, 11) is 0. The summed E-state index contributed by atoms with van der Waals surface area (Å²) in [6.45, 7) is 1.13. The number of anilines is 2. The molecule has 0 fully saturated rings. The summed E-state index contributed by atoms with van der Waals surface area (Å²) in [6, 6.07) is 16.0. The van der Waals surface area contributed by atoms with Crippen LogP contribution in [-0.2, 0) is 59.7 Å². The molecule has 0 saturated heterocycles. The maximum Gasteiger partial charge on any atom is 0.413 e. The predicted molar refractivity (Wildman–Crippen MR) is 223 cm³/mol. The molecule has 328 valence electrons. The first-order chi connectivity index (χ1) is 30.6. The molecule has 4 aromatic heterocycles. The Balaban J connectivity index is 1.00. The van der Waals surface area contributed by atoms with Gasteiger partial charge in [0.05, 0.1) is 31.8 Å². The molecule has 23 heteroatoms. The van der Waals surface area contributed by atoms with E-state index in [1.165, 1.54) is 25.3 Å². The third kappa shape index (κ3) is 12.7. The maximum atomic E-state index is 13.2. The lowest BCUT2D eigenvalue weighted by Gasteiger charge is -2.19. The Hall–Kier alpha value is -8.08. The zero-order valence-electron chi connectivity index (χ0n) is 33.9. The number of imidazole rings is 2. The number of ether oxygens (including phenoxy) is 3. The molecule has 0 saturated carbocycles. The minimum atomic E-state index is -1.19. The molecule has 0 unspecified atom stereocenters. The van der Waals surface area contributed by atoms with Gasteiger partial charge < -0.3 is 45.0 Å². The molecule has 0 radical (unpaired) electrons. The number of rotatable bonds is 20. The highest BCUT2D eigenvalue weighted by Crippen LogP contribution is 2.20. The SMILES string of the molecule is CCOC(=O)CNC(=O)[C@H](CCn1cnc2c(NC(=O)OCc3ccccc3)ncnc21)NC(=O)CNC(=O)[C@@H](N)CCn1cnc2c(NC(=O)OCc3ccccc3)ncnc21. The Bertz CT molecular complexity index is 2530. The van der Waals surface area contributed by atoms with E-state index in [1.807, 2.05) is 60.7 Å². The first-order valence-corrected chi connectivity index (χ1v) is 19.6. The van der Waals surface area contributed by atoms with E-state index in [0.717, 1.165) is 11.1 Å². The summed E-state index contributed by atoms with van der Waals surface area (Å²) in [6.07, 6.45) is 3.97. The Morgan fingerprint density at radius 2 is 1.14 bits per heavy atom. The molecular formula is C40H44N14O9. The van der Waals surface area contributed by atoms with Crippen molar-refractivity contribution < 1.29 is 43.0 Å². The van der Waals surface area contributed by atoms with E-state index in [9.17, 15) is 28.8 Å². The Kier molecular flexibility index (Phi) is 15.5. The number of hydrogen-bond donors (Lipinski definition) is 6. The highest BCUT2D eigenvalue weighted by atomic mass is 16.6. The number of esters is 1. The normalized spacial score (nSPS) is 11.8. The molecule has 23 nitrogen and oxygen atoms in total. The molecule has 7 N–H and O–H groups in total. The number of carbonyl (C=O) groups is 6. The second kappa shape index (κ2) is 22.0. The van der Waals surface area contributed by atoms with Gasteiger partial charge in [-0.25, -0.2) is 39.5 Å². The fraction of sp³-hybridized carbons (Fsp3) is 0.300. The van der Waals surface area contributed by atoms with Gasteiger partial charge >= 0.3 is 18.2 Å². The third-order valence-corrected chi connectivity index (χ3v) is 9.13. The van der Waals surface area contributed by atoms with Crippen molar-refractivity contribution in [3.63, 3.8) is 0 Å². The van der Waals surface area contributed by atoms with Gasteiger partial charge in [-0.1, -0.05) is 60.7 Å². The second-order valence-corrected chi connectivity index (χ2v) is 13.6. The minimum Gasteiger partial charge on any atom is -0.465 e. The number of aromatic nitrogens is 8. The van der Waals surface area contributed by atoms with Crippen molar-refractivity contribution in [2.75, 3.05) is 30.3 Å². The minimum absolute atomic E-state index is 0.0142. The number of nitrogens with zero attached hydrogens (tertiary/aromatic N) is 8. The number of aryl methyl sites for hydroxylation is 2. The fourth-order valence-corrected chi connectivity index (χ4v) is 5.97. The second-order valence-electron chi connectivity index (χ2n) is 13.6. The summed E-state index contributed by atoms with van der Waals surface area (Å²) in [5, 5.41) is 12.6. The number of fused-ring (bicyclic) bond motifs is 2. The van der Waals surface area contributed by atoms with Crippen molar-refractivity contribution in [3.05, 3.63) is 97.1 Å². The van der Waals surface area contributed by atoms with E-state index in [4.69, 9.17) is 19.9 Å². The van der Waals surface area contributed by atoms with Gasteiger partial charge in [0.2, 0.25) is 17.7 Å². The van der Waals surface area contributed by atoms with Crippen molar-refractivity contribution >= 4 is 69.8 Å². The summed E-state index contributed by atoms with van der Waals surface area (Å²) < 4.78 is 18.7. The molecule has 0 bridgehead atoms. The first kappa shape index (κ1) is 44.5. The van der Waals surface area contributed by atoms with Crippen LogP contribution in [-0.4, -0.2) is 107 Å². The van der Waals surface area contributed by atoms with Gasteiger partial charge in [0.1, 0.15) is 38.5 Å². The highest BCUT2D eigenvalue weighted by molar-refractivity contribution is 5.95. The standard InChI is InChI=1S/C40H44N14O9/c1-2-61-30(56)18-43-38(58)28(14-16-54-24-49-32-34(45-22-47-36(32)54)52-40(60)63-20-26-11-7-4-8-12-26)50-29(55)17-42-37(57)27(41)13-15-53-23-48-31-33(44-21-46-35(31)53)51-39(59)62-19-25-9-5-3-6-10-25/h3-12,21-24,27-28H,2,13-20,41H2,1H3,(H,42,57)(H,43,58)(H,50,55)(H,44,46,51,59)(H,45,47,52,60)/t27-,28-/m0/s1. The summed E-state index contributed by atoms with van der Waals surface area (Å²) >= 11 is 0. The van der Waals surface area contributed by atoms with Crippen LogP contribution in [0, 0.1) is 0 Å². The quantitative estimate of drug-likeness (QED) is 0.0469. The molecule has 2 aromatic carbocycles. The maximum absolute atomic E-state index is 13.2. The molecule has 5 amide bonds. The monoisotopic (exact) mass is 864 g/mol. The average molecular weight is 865 g/mol. The molecule has 2 atom stereocenters. The molecule has 0 aliphatic carbocycles. The van der Waals surface area contributed by atoms with E-state index >= 15 is 0 Å². The van der Waals surface area contributed by atoms with Crippen LogP contribution < -0.4 is 32.3 Å². The lowest BCUT2D eigenvalue weighted by atomic mass is 10.1. The number of carbonyl (C=O) groups excluding carboxylic acids is 6. The largest absolute Gasteiger partial charge is 0.465 e. The Morgan fingerprint density at radius 3 is 1.67 bits per heavy atom. The van der Waals surface area contributed by atoms with Crippen molar-refractivity contribution in [2.45, 2.75) is 58.2 Å². The van der Waals surface area contributed by atoms with Crippen molar-refractivity contribution in [1.82, 2.24) is 55.0 Å². The Labute approximate surface area is 358 Å². The topological polar surface area (TPSA) is 303 Å². The zero-order valence-corrected chi connectivity index (χ0v) is 33.9. The number of nitrogens with two attached hydrogens (primary N) is 1. The number of benzene rings is 2. The summed E-state index contributed by atoms with van der Waals surface area (Å²) in [4.78, 5) is 102. The van der Waals surface area contributed by atoms with E-state index < -0.39 is 61.1 Å². The van der Waals surface area contributed by atoms with Gasteiger partial charge in [-0.2, -0.15) is 0 Å². The van der Waals surface area contributed by atoms with E-state index in [1.54, 1.807) is 16.1 Å². The summed E-state index contributed by atoms with van der Waals surface area (Å²) in [5.41, 5.74) is 8.99. The van der Waals surface area contributed by atoms with Gasteiger partial charge in [-0.3, -0.25) is 29.8 Å². The molecule has 63 heavy (non-hydrogen) atoms. The van der Waals surface area contributed by atoms with Crippen LogP contribution in [0.15, 0.2) is 86.0 Å². The molecule has 0 aliphatic rings. The van der Waals surface area contributed by atoms with Crippen LogP contribution in [0.3, 0.4) is 0 Å². The van der Waals surface area contributed by atoms with Crippen LogP contribution >= 0.6 is 0 Å². The first-order valence-electron chi connectivity index (χ1n) is 19.6. The van der Waals surface area contributed by atoms with Gasteiger partial charge in [0.15, 0.2) is 34.0 Å². The van der Waals surface area contributed by atoms with Crippen LogP contribution in [0.2, 0.25) is 0 Å². The van der Waals surface area contributed by atoms with E-state index in [0.29, 0.717) is 11.3 Å². The fourth-order valence-electron chi connectivity index (χ4n) is 5.97. The average Bonchev–Trinajstić information content (AvgIpc) is 3.92. The molecule has 6 rings (SSSR count). The summed E-state index contributed by atoms with van der Waals surface area (Å²) in [5.74, 6) is -2.51. The van der Waals surface area contributed by atoms with Gasteiger partial charge in [-0.05, 0) is 30.9 Å². The smallest absolute Gasteiger partial charge is 0.413 e. The van der Waals surface area contributed by atoms with Crippen LogP contribution in [0.1, 0.15) is 30.9 Å². The molecule has 0 spiro atoms. The third-order valence-electron chi connectivity index (χ3n) is 9.13. The predicted octanol–water partition coefficient (Wildman–Crippen LogP) is 1.55. The van der Waals surface area contributed by atoms with E-state index in [2.05, 4.69) is 56.5 Å². The van der Waals surface area contributed by atoms with Gasteiger partial charge in [0, 0.05) is 13.1 Å². The molecule has 4 heterocycles. The number of amides is 5. The van der Waals surface area contributed by atoms with Crippen molar-refractivity contribution in [2.24, 2.45) is 5.73 Å². The van der Waals surface area contributed by atoms with Crippen LogP contribution in [0.5, 0.6) is 0 Å². The van der Waals surface area contributed by atoms with Crippen molar-refractivity contribution in [1.29, 1.82) is 0 Å². The molecule has 6 aromatic rings. The van der Waals surface area contributed by atoms with Crippen LogP contribution in [0.25, 0.3) is 22.3 Å². The zero-order chi connectivity index (χ0) is 44.6.